The van der Waals surface area contributed by atoms with E-state index in [1.165, 1.54) is 18.3 Å². The molecule has 0 heterocycles. The number of nitrogens with one attached hydrogen (secondary N) is 1. The van der Waals surface area contributed by atoms with Crippen LogP contribution in [0.15, 0.2) is 88.9 Å². The number of hydrazone groups is 1. The van der Waals surface area contributed by atoms with Gasteiger partial charge < -0.3 is 10.9 Å². The van der Waals surface area contributed by atoms with Crippen molar-refractivity contribution in [3.8, 4) is 0 Å². The Kier molecular flexibility index (Phi) is 7.62. The molecule has 3 aromatic rings. The molecule has 0 bridgehead atoms. The lowest BCUT2D eigenvalue weighted by molar-refractivity contribution is -0.137. The monoisotopic (exact) mass is 451 g/mol. The third-order valence-electron chi connectivity index (χ3n) is 5.07. The van der Waals surface area contributed by atoms with Gasteiger partial charge in [0.25, 0.3) is 10.0 Å². The highest BCUT2D eigenvalue weighted by Crippen LogP contribution is 2.27. The van der Waals surface area contributed by atoms with Crippen LogP contribution in [0.5, 0.6) is 0 Å². The number of anilines is 1. The van der Waals surface area contributed by atoms with Crippen molar-refractivity contribution in [2.45, 2.75) is 30.1 Å². The molecule has 8 heteroatoms. The second-order valence-electron chi connectivity index (χ2n) is 7.40. The molecular weight excluding hydrogens is 426 g/mol. The van der Waals surface area contributed by atoms with Crippen LogP contribution >= 0.6 is 0 Å². The van der Waals surface area contributed by atoms with E-state index in [4.69, 9.17) is 5.84 Å². The van der Waals surface area contributed by atoms with Crippen molar-refractivity contribution in [3.63, 3.8) is 0 Å². The van der Waals surface area contributed by atoms with Crippen LogP contribution in [0, 0.1) is 0 Å². The van der Waals surface area contributed by atoms with Crippen molar-refractivity contribution in [2.75, 3.05) is 4.72 Å². The first kappa shape index (κ1) is 23.0. The van der Waals surface area contributed by atoms with Crippen LogP contribution in [0.25, 0.3) is 0 Å². The number of carboxylic acid groups (broad SMARTS) is 1. The van der Waals surface area contributed by atoms with Gasteiger partial charge in [0.15, 0.2) is 0 Å². The minimum atomic E-state index is -3.65. The smallest absolute Gasteiger partial charge is 0.303 e. The number of rotatable bonds is 10. The molecule has 0 spiro atoms. The molecule has 3 aromatic carbocycles. The Hall–Kier alpha value is -3.65. The second-order valence-corrected chi connectivity index (χ2v) is 9.08. The van der Waals surface area contributed by atoms with Crippen molar-refractivity contribution in [1.29, 1.82) is 0 Å². The number of nitrogens with zero attached hydrogens (tertiary/aromatic N) is 1. The molecule has 3 rings (SSSR count). The average molecular weight is 452 g/mol. The van der Waals surface area contributed by atoms with Gasteiger partial charge in [-0.15, -0.1) is 0 Å². The molecule has 1 atom stereocenters. The maximum atomic E-state index is 12.5. The van der Waals surface area contributed by atoms with E-state index in [-0.39, 0.29) is 17.2 Å². The molecule has 0 aliphatic rings. The first-order valence-corrected chi connectivity index (χ1v) is 11.6. The van der Waals surface area contributed by atoms with Crippen LogP contribution in [0.2, 0.25) is 0 Å². The van der Waals surface area contributed by atoms with E-state index in [2.05, 4.69) is 9.82 Å². The fourth-order valence-electron chi connectivity index (χ4n) is 3.47. The van der Waals surface area contributed by atoms with E-state index in [0.29, 0.717) is 18.5 Å². The molecular formula is C24H25N3O4S. The minimum absolute atomic E-state index is 0.0121. The van der Waals surface area contributed by atoms with E-state index in [0.717, 1.165) is 16.7 Å². The van der Waals surface area contributed by atoms with Gasteiger partial charge in [0, 0.05) is 5.69 Å². The summed E-state index contributed by atoms with van der Waals surface area (Å²) in [7, 11) is -3.65. The molecule has 0 saturated heterocycles. The molecule has 0 aromatic heterocycles. The van der Waals surface area contributed by atoms with Gasteiger partial charge in [-0.2, -0.15) is 5.10 Å². The Bertz CT molecular complexity index is 1180. The summed E-state index contributed by atoms with van der Waals surface area (Å²) in [6.07, 6.45) is 2.82. The Morgan fingerprint density at radius 3 is 2.41 bits per heavy atom. The normalized spacial score (nSPS) is 12.5. The second kappa shape index (κ2) is 10.6. The van der Waals surface area contributed by atoms with Crippen LogP contribution < -0.4 is 10.6 Å². The van der Waals surface area contributed by atoms with Gasteiger partial charge in [0.1, 0.15) is 0 Å². The highest BCUT2D eigenvalue weighted by Gasteiger charge is 2.17. The molecule has 1 unspecified atom stereocenters. The molecule has 0 fully saturated rings. The summed E-state index contributed by atoms with van der Waals surface area (Å²) in [4.78, 5) is 11.6. The molecule has 166 valence electrons. The summed E-state index contributed by atoms with van der Waals surface area (Å²) in [6, 6.07) is 22.8. The summed E-state index contributed by atoms with van der Waals surface area (Å²) in [5.41, 5.74) is 3.18. The lowest BCUT2D eigenvalue weighted by Gasteiger charge is -2.16. The highest BCUT2D eigenvalue weighted by atomic mass is 32.2. The zero-order chi connectivity index (χ0) is 23.0. The number of carboxylic acids is 1. The van der Waals surface area contributed by atoms with E-state index in [1.807, 2.05) is 36.4 Å². The topological polar surface area (TPSA) is 122 Å². The Balaban J connectivity index is 1.68. The van der Waals surface area contributed by atoms with Gasteiger partial charge in [0.05, 0.1) is 17.5 Å². The van der Waals surface area contributed by atoms with Crippen LogP contribution in [0.4, 0.5) is 5.69 Å². The SMILES string of the molecule is NN=Cc1cccc(C(CCc2ccc(NS(=O)(=O)c3ccccc3)cc2)CC(=O)O)c1. The maximum Gasteiger partial charge on any atom is 0.303 e. The van der Waals surface area contributed by atoms with Gasteiger partial charge in [-0.3, -0.25) is 9.52 Å². The molecule has 0 saturated carbocycles. The molecule has 0 aliphatic heterocycles. The molecule has 0 radical (unpaired) electrons. The number of hydrogen-bond acceptors (Lipinski definition) is 5. The number of aliphatic carboxylic acids is 1. The van der Waals surface area contributed by atoms with Gasteiger partial charge in [-0.25, -0.2) is 8.42 Å². The van der Waals surface area contributed by atoms with Gasteiger partial charge in [-0.1, -0.05) is 48.5 Å². The summed E-state index contributed by atoms with van der Waals surface area (Å²) in [6.45, 7) is 0. The minimum Gasteiger partial charge on any atom is -0.481 e. The largest absolute Gasteiger partial charge is 0.481 e. The van der Waals surface area contributed by atoms with Gasteiger partial charge in [0.2, 0.25) is 0 Å². The number of sulfonamides is 1. The Labute approximate surface area is 187 Å². The van der Waals surface area contributed by atoms with E-state index >= 15 is 0 Å². The van der Waals surface area contributed by atoms with E-state index in [9.17, 15) is 18.3 Å². The van der Waals surface area contributed by atoms with Crippen molar-refractivity contribution < 1.29 is 18.3 Å². The lowest BCUT2D eigenvalue weighted by Crippen LogP contribution is -2.12. The zero-order valence-corrected chi connectivity index (χ0v) is 18.2. The van der Waals surface area contributed by atoms with Crippen molar-refractivity contribution in [1.82, 2.24) is 0 Å². The molecule has 32 heavy (non-hydrogen) atoms. The Morgan fingerprint density at radius 1 is 1.03 bits per heavy atom. The lowest BCUT2D eigenvalue weighted by atomic mass is 9.89. The molecule has 4 N–H and O–H groups in total. The quantitative estimate of drug-likeness (QED) is 0.245. The standard InChI is InChI=1S/C24H25N3O4S/c25-26-17-19-5-4-6-20(15-19)21(16-24(28)29)12-9-18-10-13-22(14-11-18)27-32(30,31)23-7-2-1-3-8-23/h1-8,10-11,13-15,17,21,27H,9,12,16,25H2,(H,28,29). The fraction of sp³-hybridized carbons (Fsp3) is 0.167. The number of benzene rings is 3. The van der Waals surface area contributed by atoms with Crippen molar-refractivity contribution >= 4 is 27.9 Å². The number of hydrogen-bond donors (Lipinski definition) is 3. The first-order chi connectivity index (χ1) is 15.4. The molecule has 0 amide bonds. The van der Waals surface area contributed by atoms with Crippen molar-refractivity contribution in [3.05, 3.63) is 95.6 Å². The van der Waals surface area contributed by atoms with Gasteiger partial charge >= 0.3 is 5.97 Å². The third kappa shape index (κ3) is 6.42. The molecule has 0 aliphatic carbocycles. The predicted molar refractivity (Wildman–Crippen MR) is 125 cm³/mol. The van der Waals surface area contributed by atoms with E-state index < -0.39 is 16.0 Å². The molecule has 7 nitrogen and oxygen atoms in total. The summed E-state index contributed by atoms with van der Waals surface area (Å²) < 4.78 is 27.5. The van der Waals surface area contributed by atoms with Crippen LogP contribution in [-0.4, -0.2) is 25.7 Å². The van der Waals surface area contributed by atoms with Crippen molar-refractivity contribution in [2.24, 2.45) is 10.9 Å². The number of nitrogens with two attached hydrogens (primary N) is 1. The van der Waals surface area contributed by atoms with Crippen LogP contribution in [-0.2, 0) is 21.2 Å². The number of aryl methyl sites for hydroxylation is 1. The third-order valence-corrected chi connectivity index (χ3v) is 6.47. The summed E-state index contributed by atoms with van der Waals surface area (Å²) in [5.74, 6) is 4.18. The first-order valence-electron chi connectivity index (χ1n) is 10.1. The predicted octanol–water partition coefficient (Wildman–Crippen LogP) is 3.97. The average Bonchev–Trinajstić information content (AvgIpc) is 2.78. The summed E-state index contributed by atoms with van der Waals surface area (Å²) in [5, 5.41) is 12.9. The van der Waals surface area contributed by atoms with E-state index in [1.54, 1.807) is 30.3 Å². The summed E-state index contributed by atoms with van der Waals surface area (Å²) >= 11 is 0. The maximum absolute atomic E-state index is 12.5. The Morgan fingerprint density at radius 2 is 1.75 bits per heavy atom. The van der Waals surface area contributed by atoms with Crippen LogP contribution in [0.1, 0.15) is 35.4 Å². The fourth-order valence-corrected chi connectivity index (χ4v) is 4.55. The number of carbonyl (C=O) groups is 1. The van der Waals surface area contributed by atoms with Gasteiger partial charge in [-0.05, 0) is 65.8 Å². The highest BCUT2D eigenvalue weighted by molar-refractivity contribution is 7.92. The van der Waals surface area contributed by atoms with Crippen LogP contribution in [0.3, 0.4) is 0 Å². The zero-order valence-electron chi connectivity index (χ0n) is 17.4.